The van der Waals surface area contributed by atoms with Crippen LogP contribution in [-0.4, -0.2) is 44.3 Å². The standard InChI is InChI=1S/C34H35Cl2N3O4S/c1-3-26-15-11-12-18-31(26)39(44(42,43)29-16-9-6-10-17-29)24-33(40)38(23-27-19-20-28(35)22-30(27)36)32(34(41)37-4-2)21-25-13-7-5-8-14-25/h5-20,22,32H,3-4,21,23-24H2,1-2H3,(H,37,41)/t32-/m0/s1. The number of aryl methyl sites for hydroxylation is 1. The van der Waals surface area contributed by atoms with Gasteiger partial charge in [0.1, 0.15) is 12.6 Å². The van der Waals surface area contributed by atoms with E-state index in [-0.39, 0.29) is 23.8 Å². The molecule has 0 saturated heterocycles. The molecule has 0 spiro atoms. The van der Waals surface area contributed by atoms with Crippen LogP contribution in [0.2, 0.25) is 10.0 Å². The molecule has 1 N–H and O–H groups in total. The lowest BCUT2D eigenvalue weighted by Crippen LogP contribution is -2.53. The second-order valence-electron chi connectivity index (χ2n) is 10.2. The minimum atomic E-state index is -4.18. The van der Waals surface area contributed by atoms with Crippen molar-refractivity contribution in [1.82, 2.24) is 10.2 Å². The molecular weight excluding hydrogens is 617 g/mol. The van der Waals surface area contributed by atoms with Crippen molar-refractivity contribution in [3.63, 3.8) is 0 Å². The fraction of sp³-hybridized carbons (Fsp3) is 0.235. The van der Waals surface area contributed by atoms with E-state index < -0.39 is 28.5 Å². The zero-order valence-electron chi connectivity index (χ0n) is 24.6. The van der Waals surface area contributed by atoms with Crippen LogP contribution in [0.1, 0.15) is 30.5 Å². The van der Waals surface area contributed by atoms with Crippen molar-refractivity contribution >= 4 is 50.7 Å². The third-order valence-corrected chi connectivity index (χ3v) is 9.59. The molecule has 4 aromatic carbocycles. The Balaban J connectivity index is 1.83. The molecule has 1 atom stereocenters. The summed E-state index contributed by atoms with van der Waals surface area (Å²) in [4.78, 5) is 29.6. The number of likely N-dealkylation sites (N-methyl/N-ethyl adjacent to an activating group) is 1. The number of rotatable bonds is 13. The van der Waals surface area contributed by atoms with Crippen molar-refractivity contribution in [1.29, 1.82) is 0 Å². The molecule has 0 aliphatic carbocycles. The maximum Gasteiger partial charge on any atom is 0.264 e. The summed E-state index contributed by atoms with van der Waals surface area (Å²) in [6, 6.07) is 28.4. The van der Waals surface area contributed by atoms with Crippen LogP contribution in [0.4, 0.5) is 5.69 Å². The summed E-state index contributed by atoms with van der Waals surface area (Å²) in [6.45, 7) is 3.50. The van der Waals surface area contributed by atoms with Crippen LogP contribution in [-0.2, 0) is 39.0 Å². The zero-order chi connectivity index (χ0) is 31.7. The number of carbonyl (C=O) groups is 2. The van der Waals surface area contributed by atoms with E-state index >= 15 is 0 Å². The highest BCUT2D eigenvalue weighted by Crippen LogP contribution is 2.29. The molecule has 0 saturated carbocycles. The summed E-state index contributed by atoms with van der Waals surface area (Å²) in [5.41, 5.74) is 2.57. The summed E-state index contributed by atoms with van der Waals surface area (Å²) in [5.74, 6) is -0.921. The molecule has 2 amide bonds. The normalized spacial score (nSPS) is 11.9. The van der Waals surface area contributed by atoms with Gasteiger partial charge in [-0.1, -0.05) is 103 Å². The van der Waals surface area contributed by atoms with E-state index in [4.69, 9.17) is 23.2 Å². The minimum Gasteiger partial charge on any atom is -0.355 e. The number of benzene rings is 4. The van der Waals surface area contributed by atoms with E-state index in [1.165, 1.54) is 17.0 Å². The van der Waals surface area contributed by atoms with Gasteiger partial charge < -0.3 is 10.2 Å². The molecule has 0 unspecified atom stereocenters. The molecule has 7 nitrogen and oxygen atoms in total. The zero-order valence-corrected chi connectivity index (χ0v) is 26.9. The number of para-hydroxylation sites is 1. The Bertz CT molecular complexity index is 1690. The molecule has 4 rings (SSSR count). The molecule has 0 aromatic heterocycles. The van der Waals surface area contributed by atoms with Crippen molar-refractivity contribution < 1.29 is 18.0 Å². The molecule has 4 aromatic rings. The van der Waals surface area contributed by atoms with Gasteiger partial charge in [0.25, 0.3) is 10.0 Å². The fourth-order valence-electron chi connectivity index (χ4n) is 4.97. The highest BCUT2D eigenvalue weighted by molar-refractivity contribution is 7.92. The molecule has 0 fully saturated rings. The summed E-state index contributed by atoms with van der Waals surface area (Å²) in [7, 11) is -4.18. The number of hydrogen-bond acceptors (Lipinski definition) is 4. The van der Waals surface area contributed by atoms with Gasteiger partial charge in [-0.25, -0.2) is 8.42 Å². The van der Waals surface area contributed by atoms with Crippen molar-refractivity contribution in [2.24, 2.45) is 0 Å². The van der Waals surface area contributed by atoms with Crippen LogP contribution in [0.5, 0.6) is 0 Å². The first-order valence-electron chi connectivity index (χ1n) is 14.4. The molecule has 230 valence electrons. The van der Waals surface area contributed by atoms with Gasteiger partial charge in [-0.3, -0.25) is 13.9 Å². The number of amides is 2. The molecule has 0 bridgehead atoms. The maximum absolute atomic E-state index is 14.5. The molecule has 0 aliphatic rings. The van der Waals surface area contributed by atoms with Crippen LogP contribution < -0.4 is 9.62 Å². The maximum atomic E-state index is 14.5. The van der Waals surface area contributed by atoms with Crippen molar-refractivity contribution in [3.8, 4) is 0 Å². The van der Waals surface area contributed by atoms with Gasteiger partial charge in [0, 0.05) is 29.6 Å². The average Bonchev–Trinajstić information content (AvgIpc) is 3.03. The Kier molecular flexibility index (Phi) is 11.4. The van der Waals surface area contributed by atoms with E-state index in [1.54, 1.807) is 55.5 Å². The van der Waals surface area contributed by atoms with E-state index in [0.29, 0.717) is 34.3 Å². The lowest BCUT2D eigenvalue weighted by molar-refractivity contribution is -0.140. The Labute approximate surface area is 269 Å². The third-order valence-electron chi connectivity index (χ3n) is 7.23. The van der Waals surface area contributed by atoms with Crippen molar-refractivity contribution in [2.75, 3.05) is 17.4 Å². The molecule has 10 heteroatoms. The van der Waals surface area contributed by atoms with E-state index in [9.17, 15) is 18.0 Å². The van der Waals surface area contributed by atoms with Crippen molar-refractivity contribution in [3.05, 3.63) is 130 Å². The van der Waals surface area contributed by atoms with Crippen LogP contribution in [0.3, 0.4) is 0 Å². The van der Waals surface area contributed by atoms with Gasteiger partial charge in [0.05, 0.1) is 10.6 Å². The Morgan fingerprint density at radius 3 is 2.09 bits per heavy atom. The highest BCUT2D eigenvalue weighted by atomic mass is 35.5. The topological polar surface area (TPSA) is 86.8 Å². The predicted molar refractivity (Wildman–Crippen MR) is 176 cm³/mol. The molecule has 0 aliphatic heterocycles. The van der Waals surface area contributed by atoms with Gasteiger partial charge in [-0.2, -0.15) is 0 Å². The molecule has 0 radical (unpaired) electrons. The Hall–Kier alpha value is -3.85. The first-order valence-corrected chi connectivity index (χ1v) is 16.6. The number of sulfonamides is 1. The smallest absolute Gasteiger partial charge is 0.264 e. The number of halogens is 2. The van der Waals surface area contributed by atoms with E-state index in [1.807, 2.05) is 49.4 Å². The fourth-order valence-corrected chi connectivity index (χ4v) is 6.91. The Morgan fingerprint density at radius 2 is 1.45 bits per heavy atom. The predicted octanol–water partition coefficient (Wildman–Crippen LogP) is 6.53. The SMILES string of the molecule is CCNC(=O)[C@H](Cc1ccccc1)N(Cc1ccc(Cl)cc1Cl)C(=O)CN(c1ccccc1CC)S(=O)(=O)c1ccccc1. The first-order chi connectivity index (χ1) is 21.1. The van der Waals surface area contributed by atoms with Gasteiger partial charge in [-0.05, 0) is 60.4 Å². The number of carbonyl (C=O) groups excluding carboxylic acids is 2. The van der Waals surface area contributed by atoms with Gasteiger partial charge in [0.2, 0.25) is 11.8 Å². The molecule has 0 heterocycles. The first kappa shape index (κ1) is 33.1. The average molecular weight is 653 g/mol. The monoisotopic (exact) mass is 651 g/mol. The van der Waals surface area contributed by atoms with Crippen LogP contribution in [0, 0.1) is 0 Å². The van der Waals surface area contributed by atoms with E-state index in [0.717, 1.165) is 15.4 Å². The Morgan fingerprint density at radius 1 is 0.818 bits per heavy atom. The number of anilines is 1. The number of nitrogens with zero attached hydrogens (tertiary/aromatic N) is 2. The summed E-state index contributed by atoms with van der Waals surface area (Å²) < 4.78 is 29.4. The molecule has 44 heavy (non-hydrogen) atoms. The van der Waals surface area contributed by atoms with Gasteiger partial charge in [-0.15, -0.1) is 0 Å². The van der Waals surface area contributed by atoms with Gasteiger partial charge >= 0.3 is 0 Å². The van der Waals surface area contributed by atoms with E-state index in [2.05, 4.69) is 5.32 Å². The largest absolute Gasteiger partial charge is 0.355 e. The van der Waals surface area contributed by atoms with Crippen LogP contribution >= 0.6 is 23.2 Å². The summed E-state index contributed by atoms with van der Waals surface area (Å²) in [5, 5.41) is 3.61. The second kappa shape index (κ2) is 15.2. The minimum absolute atomic E-state index is 0.0435. The quantitative estimate of drug-likeness (QED) is 0.178. The lowest BCUT2D eigenvalue weighted by atomic mass is 10.0. The number of hydrogen-bond donors (Lipinski definition) is 1. The summed E-state index contributed by atoms with van der Waals surface area (Å²) in [6.07, 6.45) is 0.755. The summed E-state index contributed by atoms with van der Waals surface area (Å²) >= 11 is 12.7. The second-order valence-corrected chi connectivity index (χ2v) is 12.9. The third kappa shape index (κ3) is 8.00. The lowest BCUT2D eigenvalue weighted by Gasteiger charge is -2.34. The van der Waals surface area contributed by atoms with Gasteiger partial charge in [0.15, 0.2) is 0 Å². The number of nitrogens with one attached hydrogen (secondary N) is 1. The highest BCUT2D eigenvalue weighted by Gasteiger charge is 2.35. The van der Waals surface area contributed by atoms with Crippen molar-refractivity contribution in [2.45, 2.75) is 44.2 Å². The molecular formula is C34H35Cl2N3O4S. The van der Waals surface area contributed by atoms with Crippen LogP contribution in [0.25, 0.3) is 0 Å². The van der Waals surface area contributed by atoms with Crippen LogP contribution in [0.15, 0.2) is 108 Å².